The van der Waals surface area contributed by atoms with Crippen LogP contribution in [0.3, 0.4) is 0 Å². The zero-order valence-electron chi connectivity index (χ0n) is 14.3. The first-order valence-corrected chi connectivity index (χ1v) is 9.93. The summed E-state index contributed by atoms with van der Waals surface area (Å²) in [5.74, 6) is -0.103. The smallest absolute Gasteiger partial charge is 0.266 e. The number of carbonyl (C=O) groups excluding carboxylic acids is 2. The van der Waals surface area contributed by atoms with Gasteiger partial charge in [0.1, 0.15) is 0 Å². The van der Waals surface area contributed by atoms with E-state index in [9.17, 15) is 9.59 Å². The highest BCUT2D eigenvalue weighted by Crippen LogP contribution is 2.50. The van der Waals surface area contributed by atoms with Crippen LogP contribution in [0, 0.1) is 0 Å². The third-order valence-corrected chi connectivity index (χ3v) is 6.44. The lowest BCUT2D eigenvalue weighted by Gasteiger charge is -2.40. The molecule has 0 N–H and O–H groups in total. The van der Waals surface area contributed by atoms with E-state index in [0.717, 1.165) is 11.1 Å². The molecule has 1 unspecified atom stereocenters. The van der Waals surface area contributed by atoms with Crippen molar-refractivity contribution in [2.45, 2.75) is 5.66 Å². The molecule has 1 fully saturated rings. The van der Waals surface area contributed by atoms with E-state index in [1.54, 1.807) is 12.1 Å². The van der Waals surface area contributed by atoms with Gasteiger partial charge in [0.2, 0.25) is 0 Å². The largest absolute Gasteiger partial charge is 0.306 e. The van der Waals surface area contributed by atoms with Crippen molar-refractivity contribution < 1.29 is 9.59 Å². The topological polar surface area (TPSA) is 40.6 Å². The van der Waals surface area contributed by atoms with Crippen molar-refractivity contribution >= 4 is 34.8 Å². The van der Waals surface area contributed by atoms with Crippen LogP contribution >= 0.6 is 22.9 Å². The molecule has 0 aliphatic carbocycles. The summed E-state index contributed by atoms with van der Waals surface area (Å²) in [5.41, 5.74) is 1.43. The van der Waals surface area contributed by atoms with Crippen molar-refractivity contribution in [1.29, 1.82) is 0 Å². The Bertz CT molecular complexity index is 1050. The van der Waals surface area contributed by atoms with E-state index in [0.29, 0.717) is 28.6 Å². The van der Waals surface area contributed by atoms with E-state index in [1.165, 1.54) is 11.3 Å². The summed E-state index contributed by atoms with van der Waals surface area (Å²) in [4.78, 5) is 30.8. The van der Waals surface area contributed by atoms with Gasteiger partial charge in [-0.15, -0.1) is 11.3 Å². The van der Waals surface area contributed by atoms with Gasteiger partial charge < -0.3 is 9.80 Å². The molecule has 0 bridgehead atoms. The number of thiophene rings is 1. The Morgan fingerprint density at radius 1 is 1.00 bits per heavy atom. The molecule has 3 aromatic rings. The number of carbonyl (C=O) groups is 2. The monoisotopic (exact) mass is 394 g/mol. The first-order valence-electron chi connectivity index (χ1n) is 8.67. The maximum absolute atomic E-state index is 13.4. The third kappa shape index (κ3) is 2.16. The van der Waals surface area contributed by atoms with Crippen LogP contribution in [-0.2, 0) is 5.66 Å². The van der Waals surface area contributed by atoms with Crippen LogP contribution < -0.4 is 0 Å². The Labute approximate surface area is 165 Å². The molecular formula is C21H15ClN2O2S. The summed E-state index contributed by atoms with van der Waals surface area (Å²) in [7, 11) is 0. The lowest BCUT2D eigenvalue weighted by atomic mass is 9.89. The Kier molecular flexibility index (Phi) is 3.64. The quantitative estimate of drug-likeness (QED) is 0.653. The third-order valence-electron chi connectivity index (χ3n) is 5.33. The highest BCUT2D eigenvalue weighted by Gasteiger charge is 2.59. The molecule has 27 heavy (non-hydrogen) atoms. The van der Waals surface area contributed by atoms with Crippen LogP contribution in [0.15, 0.2) is 66.0 Å². The Balaban J connectivity index is 1.78. The fourth-order valence-corrected chi connectivity index (χ4v) is 5.06. The molecule has 134 valence electrons. The van der Waals surface area contributed by atoms with Gasteiger partial charge in [0.25, 0.3) is 11.8 Å². The van der Waals surface area contributed by atoms with Gasteiger partial charge in [0.05, 0.1) is 4.88 Å². The summed E-state index contributed by atoms with van der Waals surface area (Å²) in [5, 5.41) is 2.51. The maximum Gasteiger partial charge on any atom is 0.266 e. The van der Waals surface area contributed by atoms with E-state index in [4.69, 9.17) is 11.6 Å². The molecule has 5 rings (SSSR count). The van der Waals surface area contributed by atoms with E-state index >= 15 is 0 Å². The zero-order chi connectivity index (χ0) is 18.6. The Morgan fingerprint density at radius 3 is 2.52 bits per heavy atom. The van der Waals surface area contributed by atoms with Crippen molar-refractivity contribution in [3.63, 3.8) is 0 Å². The summed E-state index contributed by atoms with van der Waals surface area (Å²) in [6.45, 7) is 0.979. The number of hydrogen-bond donors (Lipinski definition) is 0. The van der Waals surface area contributed by atoms with Crippen molar-refractivity contribution in [3.05, 3.63) is 92.6 Å². The average Bonchev–Trinajstić information content (AvgIpc) is 3.40. The van der Waals surface area contributed by atoms with Gasteiger partial charge in [-0.3, -0.25) is 9.59 Å². The van der Waals surface area contributed by atoms with Gasteiger partial charge in [0, 0.05) is 34.8 Å². The molecule has 4 nitrogen and oxygen atoms in total. The van der Waals surface area contributed by atoms with Gasteiger partial charge in [-0.05, 0) is 29.6 Å². The number of rotatable bonds is 2. The summed E-state index contributed by atoms with van der Waals surface area (Å²) in [6.07, 6.45) is 0. The fraction of sp³-hybridized carbons (Fsp3) is 0.143. The molecule has 6 heteroatoms. The summed E-state index contributed by atoms with van der Waals surface area (Å²) in [6, 6.07) is 18.7. The van der Waals surface area contributed by atoms with Gasteiger partial charge >= 0.3 is 0 Å². The van der Waals surface area contributed by atoms with Gasteiger partial charge in [-0.1, -0.05) is 48.0 Å². The normalized spacial score (nSPS) is 20.7. The van der Waals surface area contributed by atoms with Crippen LogP contribution in [-0.4, -0.2) is 34.7 Å². The molecule has 0 saturated carbocycles. The first-order chi connectivity index (χ1) is 13.1. The minimum absolute atomic E-state index is 0.0398. The fourth-order valence-electron chi connectivity index (χ4n) is 4.26. The Hall–Kier alpha value is -2.63. The number of nitrogens with zero attached hydrogens (tertiary/aromatic N) is 2. The molecular weight excluding hydrogens is 380 g/mol. The highest BCUT2D eigenvalue weighted by atomic mass is 35.5. The molecule has 1 saturated heterocycles. The lowest BCUT2D eigenvalue weighted by molar-refractivity contribution is 0.0378. The van der Waals surface area contributed by atoms with Crippen LogP contribution in [0.4, 0.5) is 0 Å². The van der Waals surface area contributed by atoms with E-state index < -0.39 is 5.66 Å². The van der Waals surface area contributed by atoms with Crippen LogP contribution in [0.2, 0.25) is 5.02 Å². The predicted molar refractivity (Wildman–Crippen MR) is 105 cm³/mol. The van der Waals surface area contributed by atoms with Crippen molar-refractivity contribution in [2.75, 3.05) is 13.1 Å². The minimum atomic E-state index is -0.931. The number of benzene rings is 2. The second kappa shape index (κ2) is 5.94. The lowest BCUT2D eigenvalue weighted by Crippen LogP contribution is -2.51. The molecule has 1 aromatic heterocycles. The molecule has 2 aliphatic rings. The first kappa shape index (κ1) is 16.5. The number of amides is 2. The molecule has 2 amide bonds. The Morgan fingerprint density at radius 2 is 1.78 bits per heavy atom. The van der Waals surface area contributed by atoms with Gasteiger partial charge in [-0.2, -0.15) is 0 Å². The predicted octanol–water partition coefficient (Wildman–Crippen LogP) is 4.21. The standard InChI is InChI=1S/C21H15ClN2O2S/c22-15-9-7-14(8-10-15)21-17-5-2-1-4-16(17)19(25)23(21)11-12-24(21)20(26)18-6-3-13-27-18/h1-10,13H,11-12H2. The molecule has 3 heterocycles. The molecule has 2 aliphatic heterocycles. The van der Waals surface area contributed by atoms with E-state index in [2.05, 4.69) is 0 Å². The number of hydrogen-bond acceptors (Lipinski definition) is 3. The molecule has 0 spiro atoms. The highest BCUT2D eigenvalue weighted by molar-refractivity contribution is 7.12. The summed E-state index contributed by atoms with van der Waals surface area (Å²) >= 11 is 7.52. The average molecular weight is 395 g/mol. The van der Waals surface area contributed by atoms with Crippen molar-refractivity contribution in [1.82, 2.24) is 9.80 Å². The van der Waals surface area contributed by atoms with Crippen LogP contribution in [0.5, 0.6) is 0 Å². The van der Waals surface area contributed by atoms with Crippen LogP contribution in [0.25, 0.3) is 0 Å². The van der Waals surface area contributed by atoms with Gasteiger partial charge in [0.15, 0.2) is 5.66 Å². The van der Waals surface area contributed by atoms with Crippen molar-refractivity contribution in [2.24, 2.45) is 0 Å². The molecule has 0 radical (unpaired) electrons. The van der Waals surface area contributed by atoms with Crippen molar-refractivity contribution in [3.8, 4) is 0 Å². The van der Waals surface area contributed by atoms with Crippen LogP contribution in [0.1, 0.15) is 31.2 Å². The summed E-state index contributed by atoms with van der Waals surface area (Å²) < 4.78 is 0. The maximum atomic E-state index is 13.4. The van der Waals surface area contributed by atoms with Gasteiger partial charge in [-0.25, -0.2) is 0 Å². The molecule has 1 atom stereocenters. The second-order valence-corrected chi connectivity index (χ2v) is 8.00. The molecule has 2 aromatic carbocycles. The van der Waals surface area contributed by atoms with E-state index in [-0.39, 0.29) is 11.8 Å². The second-order valence-electron chi connectivity index (χ2n) is 6.62. The number of fused-ring (bicyclic) bond motifs is 3. The number of halogens is 1. The van der Waals surface area contributed by atoms with E-state index in [1.807, 2.05) is 63.7 Å². The zero-order valence-corrected chi connectivity index (χ0v) is 15.8. The SMILES string of the molecule is O=C(c1cccs1)N1CCN2C(=O)c3ccccc3C12c1ccc(Cl)cc1. The minimum Gasteiger partial charge on any atom is -0.306 e.